The van der Waals surface area contributed by atoms with Crippen LogP contribution in [0, 0.1) is 0 Å². The molecule has 3 aromatic carbocycles. The lowest BCUT2D eigenvalue weighted by atomic mass is 9.84. The summed E-state index contributed by atoms with van der Waals surface area (Å²) in [5.41, 5.74) is 2.97. The number of nitrogens with one attached hydrogen (secondary N) is 3. The van der Waals surface area contributed by atoms with Crippen LogP contribution in [0.2, 0.25) is 5.02 Å². The number of aromatic nitrogens is 2. The molecule has 9 nitrogen and oxygen atoms in total. The molecule has 0 fully saturated rings. The van der Waals surface area contributed by atoms with Gasteiger partial charge in [-0.2, -0.15) is 0 Å². The number of ether oxygens (including phenoxy) is 1. The number of halogens is 1. The Morgan fingerprint density at radius 3 is 2.25 bits per heavy atom. The molecule has 3 amide bonds. The number of amides is 3. The van der Waals surface area contributed by atoms with Gasteiger partial charge in [0.1, 0.15) is 18.7 Å². The molecule has 230 valence electrons. The molecule has 1 heterocycles. The highest BCUT2D eigenvalue weighted by atomic mass is 35.5. The summed E-state index contributed by atoms with van der Waals surface area (Å²) in [6.07, 6.45) is 2.45. The molecule has 4 rings (SSSR count). The number of carbonyl (C=O) groups excluding carboxylic acids is 3. The molecular formula is C34H38ClN5O4. The van der Waals surface area contributed by atoms with Gasteiger partial charge in [-0.15, -0.1) is 0 Å². The number of rotatable bonds is 13. The Hall–Kier alpha value is -4.63. The van der Waals surface area contributed by atoms with Crippen molar-refractivity contribution < 1.29 is 19.1 Å². The minimum Gasteiger partial charge on any atom is -0.445 e. The molecule has 10 heteroatoms. The summed E-state index contributed by atoms with van der Waals surface area (Å²) in [6, 6.07) is 24.3. The van der Waals surface area contributed by atoms with E-state index in [0.717, 1.165) is 16.7 Å². The van der Waals surface area contributed by atoms with Crippen LogP contribution in [0.25, 0.3) is 0 Å². The first kappa shape index (κ1) is 32.3. The standard InChI is InChI=1S/C34H38ClN5O4/c1-24(31(41)37-22-34(2,3)27-12-8-5-9-13-27)40(20-25-14-16-28(35)17-15-25)32(42)30(18-29-19-36-23-38-29)39-33(43)44-21-26-10-6-4-7-11-26/h4-17,19,23-24,30H,18,20-22H2,1-3H3,(H,36,38)(H,37,41)(H,39,43)/t24-,30?/m0/s1. The second-order valence-corrected chi connectivity index (χ2v) is 11.7. The first-order chi connectivity index (χ1) is 21.1. The second kappa shape index (κ2) is 15.2. The van der Waals surface area contributed by atoms with Gasteiger partial charge in [-0.05, 0) is 35.7 Å². The molecule has 0 aliphatic heterocycles. The van der Waals surface area contributed by atoms with Crippen molar-refractivity contribution in [3.8, 4) is 0 Å². The zero-order valence-electron chi connectivity index (χ0n) is 25.1. The highest BCUT2D eigenvalue weighted by molar-refractivity contribution is 6.30. The lowest BCUT2D eigenvalue weighted by Crippen LogP contribution is -2.56. The van der Waals surface area contributed by atoms with Crippen molar-refractivity contribution in [3.63, 3.8) is 0 Å². The van der Waals surface area contributed by atoms with Gasteiger partial charge in [0, 0.05) is 41.8 Å². The molecule has 2 atom stereocenters. The van der Waals surface area contributed by atoms with Crippen LogP contribution in [0.3, 0.4) is 0 Å². The maximum Gasteiger partial charge on any atom is 0.408 e. The molecule has 1 unspecified atom stereocenters. The van der Waals surface area contributed by atoms with E-state index in [1.165, 1.54) is 11.2 Å². The van der Waals surface area contributed by atoms with E-state index in [-0.39, 0.29) is 30.9 Å². The molecule has 0 saturated carbocycles. The molecule has 4 aromatic rings. The Kier molecular flexibility index (Phi) is 11.2. The fourth-order valence-corrected chi connectivity index (χ4v) is 4.83. The smallest absolute Gasteiger partial charge is 0.408 e. The number of benzene rings is 3. The molecule has 1 aromatic heterocycles. The lowest BCUT2D eigenvalue weighted by molar-refractivity contribution is -0.142. The Bertz CT molecular complexity index is 1500. The van der Waals surface area contributed by atoms with Crippen molar-refractivity contribution in [2.24, 2.45) is 0 Å². The summed E-state index contributed by atoms with van der Waals surface area (Å²) < 4.78 is 5.42. The monoisotopic (exact) mass is 615 g/mol. The van der Waals surface area contributed by atoms with E-state index in [9.17, 15) is 14.4 Å². The molecule has 0 spiro atoms. The number of aromatic amines is 1. The first-order valence-corrected chi connectivity index (χ1v) is 14.8. The molecule has 0 saturated heterocycles. The summed E-state index contributed by atoms with van der Waals surface area (Å²) in [5.74, 6) is -0.764. The second-order valence-electron chi connectivity index (χ2n) is 11.3. The van der Waals surface area contributed by atoms with Crippen LogP contribution in [0.5, 0.6) is 0 Å². The first-order valence-electron chi connectivity index (χ1n) is 14.4. The van der Waals surface area contributed by atoms with Crippen molar-refractivity contribution in [3.05, 3.63) is 125 Å². The Morgan fingerprint density at radius 1 is 0.955 bits per heavy atom. The largest absolute Gasteiger partial charge is 0.445 e. The Balaban J connectivity index is 1.54. The van der Waals surface area contributed by atoms with Crippen molar-refractivity contribution in [2.75, 3.05) is 6.54 Å². The predicted molar refractivity (Wildman–Crippen MR) is 170 cm³/mol. The zero-order valence-corrected chi connectivity index (χ0v) is 25.9. The molecular weight excluding hydrogens is 578 g/mol. The van der Waals surface area contributed by atoms with E-state index in [1.807, 2.05) is 60.7 Å². The van der Waals surface area contributed by atoms with Gasteiger partial charge in [0.2, 0.25) is 11.8 Å². The van der Waals surface area contributed by atoms with Crippen LogP contribution in [-0.4, -0.2) is 51.4 Å². The van der Waals surface area contributed by atoms with Crippen LogP contribution in [0.1, 0.15) is 43.2 Å². The SMILES string of the molecule is C[C@@H](C(=O)NCC(C)(C)c1ccccc1)N(Cc1ccc(Cl)cc1)C(=O)C(Cc1cnc[nH]1)NC(=O)OCc1ccccc1. The van der Waals surface area contributed by atoms with Gasteiger partial charge in [0.25, 0.3) is 0 Å². The van der Waals surface area contributed by atoms with E-state index >= 15 is 0 Å². The number of hydrogen-bond donors (Lipinski definition) is 3. The van der Waals surface area contributed by atoms with Gasteiger partial charge in [-0.3, -0.25) is 9.59 Å². The van der Waals surface area contributed by atoms with E-state index in [0.29, 0.717) is 17.3 Å². The van der Waals surface area contributed by atoms with Crippen molar-refractivity contribution >= 4 is 29.5 Å². The maximum absolute atomic E-state index is 14.2. The number of imidazole rings is 1. The summed E-state index contributed by atoms with van der Waals surface area (Å²) in [5, 5.41) is 6.31. The van der Waals surface area contributed by atoms with Gasteiger partial charge in [-0.1, -0.05) is 98.2 Å². The van der Waals surface area contributed by atoms with E-state index in [4.69, 9.17) is 16.3 Å². The third-order valence-corrected chi connectivity index (χ3v) is 7.69. The highest BCUT2D eigenvalue weighted by Crippen LogP contribution is 2.22. The van der Waals surface area contributed by atoms with Crippen LogP contribution in [0.4, 0.5) is 4.79 Å². The number of H-pyrrole nitrogens is 1. The summed E-state index contributed by atoms with van der Waals surface area (Å²) >= 11 is 6.10. The van der Waals surface area contributed by atoms with Crippen LogP contribution < -0.4 is 10.6 Å². The van der Waals surface area contributed by atoms with Crippen molar-refractivity contribution in [1.82, 2.24) is 25.5 Å². The Morgan fingerprint density at radius 2 is 1.61 bits per heavy atom. The fourth-order valence-electron chi connectivity index (χ4n) is 4.70. The third-order valence-electron chi connectivity index (χ3n) is 7.44. The van der Waals surface area contributed by atoms with Gasteiger partial charge >= 0.3 is 6.09 Å². The van der Waals surface area contributed by atoms with Gasteiger partial charge in [0.15, 0.2) is 0 Å². The molecule has 0 aliphatic carbocycles. The molecule has 44 heavy (non-hydrogen) atoms. The highest BCUT2D eigenvalue weighted by Gasteiger charge is 2.34. The van der Waals surface area contributed by atoms with Crippen LogP contribution in [0.15, 0.2) is 97.5 Å². The average Bonchev–Trinajstić information content (AvgIpc) is 3.55. The maximum atomic E-state index is 14.2. The normalized spacial score (nSPS) is 12.5. The molecule has 0 aliphatic rings. The average molecular weight is 616 g/mol. The molecule has 3 N–H and O–H groups in total. The Labute approximate surface area is 263 Å². The van der Waals surface area contributed by atoms with Crippen molar-refractivity contribution in [2.45, 2.75) is 57.8 Å². The number of nitrogens with zero attached hydrogens (tertiary/aromatic N) is 2. The third kappa shape index (κ3) is 9.18. The summed E-state index contributed by atoms with van der Waals surface area (Å²) in [4.78, 5) is 49.2. The minimum absolute atomic E-state index is 0.0438. The summed E-state index contributed by atoms with van der Waals surface area (Å²) in [6.45, 7) is 6.31. The van der Waals surface area contributed by atoms with Crippen LogP contribution in [-0.2, 0) is 39.3 Å². The van der Waals surface area contributed by atoms with E-state index in [2.05, 4.69) is 34.4 Å². The van der Waals surface area contributed by atoms with Gasteiger partial charge in [0.05, 0.1) is 6.33 Å². The number of carbonyl (C=O) groups is 3. The lowest BCUT2D eigenvalue weighted by Gasteiger charge is -2.33. The minimum atomic E-state index is -1.04. The number of hydrogen-bond acceptors (Lipinski definition) is 5. The quantitative estimate of drug-likeness (QED) is 0.186. The van der Waals surface area contributed by atoms with Crippen molar-refractivity contribution in [1.29, 1.82) is 0 Å². The zero-order chi connectivity index (χ0) is 31.5. The topological polar surface area (TPSA) is 116 Å². The van der Waals surface area contributed by atoms with E-state index < -0.39 is 24.1 Å². The van der Waals surface area contributed by atoms with Crippen LogP contribution >= 0.6 is 11.6 Å². The van der Waals surface area contributed by atoms with Gasteiger partial charge < -0.3 is 25.3 Å². The van der Waals surface area contributed by atoms with E-state index in [1.54, 1.807) is 37.4 Å². The van der Waals surface area contributed by atoms with Gasteiger partial charge in [-0.25, -0.2) is 9.78 Å². The summed E-state index contributed by atoms with van der Waals surface area (Å²) in [7, 11) is 0. The molecule has 0 bridgehead atoms. The fraction of sp³-hybridized carbons (Fsp3) is 0.294. The molecule has 0 radical (unpaired) electrons. The predicted octanol–water partition coefficient (Wildman–Crippen LogP) is 5.41. The number of alkyl carbamates (subject to hydrolysis) is 1.